The van der Waals surface area contributed by atoms with Crippen LogP contribution in [0.1, 0.15) is 27.7 Å². The molecule has 1 aliphatic heterocycles. The van der Waals surface area contributed by atoms with E-state index in [0.29, 0.717) is 0 Å². The second-order valence-corrected chi connectivity index (χ2v) is 5.97. The molecule has 1 heterocycles. The lowest BCUT2D eigenvalue weighted by Gasteiger charge is -2.56. The quantitative estimate of drug-likeness (QED) is 0.335. The molecule has 10 heteroatoms. The summed E-state index contributed by atoms with van der Waals surface area (Å²) in [6.07, 6.45) is -4.54. The summed E-state index contributed by atoms with van der Waals surface area (Å²) in [6.45, 7) is 3.22. The van der Waals surface area contributed by atoms with E-state index in [1.54, 1.807) is 0 Å². The van der Waals surface area contributed by atoms with Gasteiger partial charge in [-0.2, -0.15) is 0 Å². The van der Waals surface area contributed by atoms with Gasteiger partial charge in [0.1, 0.15) is 18.2 Å². The van der Waals surface area contributed by atoms with E-state index >= 15 is 0 Å². The summed E-state index contributed by atoms with van der Waals surface area (Å²) in [6, 6.07) is -2.26. The van der Waals surface area contributed by atoms with Crippen LogP contribution < -0.4 is 5.73 Å². The summed E-state index contributed by atoms with van der Waals surface area (Å²) < 4.78 is 4.92. The molecule has 0 aliphatic carbocycles. The van der Waals surface area contributed by atoms with Crippen molar-refractivity contribution in [1.29, 1.82) is 0 Å². The van der Waals surface area contributed by atoms with Gasteiger partial charge >= 0.3 is 0 Å². The summed E-state index contributed by atoms with van der Waals surface area (Å²) in [5.41, 5.74) is -0.771. The SMILES string of the molecule is CC(=O)C(O)[C@H]1O[C@@](O)(C(C)=O)[C@@H](N)[C@](O)(C(C)=O)[C@]1(O)C(C)=O. The topological polar surface area (TPSA) is 184 Å². The molecule has 24 heavy (non-hydrogen) atoms. The molecule has 0 radical (unpaired) electrons. The fourth-order valence-electron chi connectivity index (χ4n) is 2.85. The minimum atomic E-state index is -3.20. The van der Waals surface area contributed by atoms with Crippen LogP contribution in [0.2, 0.25) is 0 Å². The number of ketones is 4. The van der Waals surface area contributed by atoms with Gasteiger partial charge < -0.3 is 30.9 Å². The average molecular weight is 347 g/mol. The highest BCUT2D eigenvalue weighted by Crippen LogP contribution is 2.44. The van der Waals surface area contributed by atoms with Crippen LogP contribution in [0.5, 0.6) is 0 Å². The molecular formula is C14H21NO9. The Morgan fingerprint density at radius 3 is 1.62 bits per heavy atom. The summed E-state index contributed by atoms with van der Waals surface area (Å²) in [5, 5.41) is 41.8. The highest BCUT2D eigenvalue weighted by atomic mass is 16.7. The van der Waals surface area contributed by atoms with Crippen molar-refractivity contribution in [2.45, 2.75) is 62.9 Å². The molecule has 0 aromatic carbocycles. The zero-order valence-electron chi connectivity index (χ0n) is 13.6. The van der Waals surface area contributed by atoms with Gasteiger partial charge in [-0.05, 0) is 20.8 Å². The fraction of sp³-hybridized carbons (Fsp3) is 0.714. The second-order valence-electron chi connectivity index (χ2n) is 5.97. The number of carbonyl (C=O) groups is 4. The predicted octanol–water partition coefficient (Wildman–Crippen LogP) is -3.42. The number of nitrogens with two attached hydrogens (primary N) is 1. The number of hydrogen-bond donors (Lipinski definition) is 5. The van der Waals surface area contributed by atoms with E-state index in [9.17, 15) is 39.6 Å². The van der Waals surface area contributed by atoms with Crippen molar-refractivity contribution in [3.63, 3.8) is 0 Å². The van der Waals surface area contributed by atoms with Gasteiger partial charge in [-0.25, -0.2) is 0 Å². The third-order valence-corrected chi connectivity index (χ3v) is 4.45. The molecule has 1 fully saturated rings. The molecule has 10 nitrogen and oxygen atoms in total. The normalized spacial score (nSPS) is 40.7. The molecule has 0 bridgehead atoms. The highest BCUT2D eigenvalue weighted by Gasteiger charge is 2.75. The predicted molar refractivity (Wildman–Crippen MR) is 76.4 cm³/mol. The van der Waals surface area contributed by atoms with Gasteiger partial charge in [-0.1, -0.05) is 0 Å². The molecule has 136 valence electrons. The van der Waals surface area contributed by atoms with Crippen LogP contribution in [0.3, 0.4) is 0 Å². The van der Waals surface area contributed by atoms with Crippen molar-refractivity contribution < 1.29 is 44.3 Å². The van der Waals surface area contributed by atoms with Gasteiger partial charge in [0.15, 0.2) is 34.3 Å². The zero-order chi connectivity index (χ0) is 19.2. The standard InChI is InChI=1S/C14H21NO9/c1-5(16)9(20)10-12(21,6(2)17)13(22,7(3)18)11(15)14(23,24-10)8(4)19/h9-11,20-23H,15H2,1-4H3/t9?,10-,11+,12+,13-,14+/m1/s1. The number of aliphatic hydroxyl groups is 4. The second kappa shape index (κ2) is 6.06. The van der Waals surface area contributed by atoms with Crippen LogP contribution >= 0.6 is 0 Å². The number of Topliss-reactive ketones (excluding diaryl/α,β-unsaturated/α-hetero) is 4. The van der Waals surface area contributed by atoms with Crippen LogP contribution in [0.25, 0.3) is 0 Å². The lowest BCUT2D eigenvalue weighted by Crippen LogP contribution is -2.86. The first-order valence-corrected chi connectivity index (χ1v) is 7.01. The van der Waals surface area contributed by atoms with E-state index in [1.807, 2.05) is 0 Å². The molecule has 0 amide bonds. The molecule has 1 unspecified atom stereocenters. The lowest BCUT2D eigenvalue weighted by molar-refractivity contribution is -0.341. The maximum Gasteiger partial charge on any atom is 0.245 e. The van der Waals surface area contributed by atoms with Gasteiger partial charge in [-0.15, -0.1) is 0 Å². The Kier molecular flexibility index (Phi) is 5.17. The Morgan fingerprint density at radius 2 is 1.33 bits per heavy atom. The summed E-state index contributed by atoms with van der Waals surface area (Å²) in [5.74, 6) is -7.72. The maximum absolute atomic E-state index is 12.0. The first-order chi connectivity index (χ1) is 10.7. The van der Waals surface area contributed by atoms with Crippen LogP contribution in [-0.2, 0) is 23.9 Å². The molecule has 1 saturated heterocycles. The molecule has 6 N–H and O–H groups in total. The number of ether oxygens (including phenoxy) is 1. The van der Waals surface area contributed by atoms with Crippen LogP contribution in [0.15, 0.2) is 0 Å². The highest BCUT2D eigenvalue weighted by molar-refractivity contribution is 6.01. The Balaban J connectivity index is 3.81. The monoisotopic (exact) mass is 347 g/mol. The molecule has 0 spiro atoms. The number of carbonyl (C=O) groups excluding carboxylic acids is 4. The number of hydrogen-bond acceptors (Lipinski definition) is 10. The third kappa shape index (κ3) is 2.42. The Hall–Kier alpha value is -1.56. The van der Waals surface area contributed by atoms with E-state index < -0.39 is 58.4 Å². The largest absolute Gasteiger partial charge is 0.382 e. The smallest absolute Gasteiger partial charge is 0.245 e. The third-order valence-electron chi connectivity index (χ3n) is 4.45. The Bertz CT molecular complexity index is 587. The van der Waals surface area contributed by atoms with E-state index in [0.717, 1.165) is 27.7 Å². The fourth-order valence-corrected chi connectivity index (χ4v) is 2.85. The van der Waals surface area contributed by atoms with Crippen molar-refractivity contribution >= 4 is 23.1 Å². The molecule has 0 aromatic rings. The number of rotatable bonds is 5. The molecule has 1 rings (SSSR count). The Labute approximate surface area is 137 Å². The van der Waals surface area contributed by atoms with Gasteiger partial charge in [-0.3, -0.25) is 19.2 Å². The summed E-state index contributed by atoms with van der Waals surface area (Å²) in [4.78, 5) is 47.3. The average Bonchev–Trinajstić information content (AvgIpc) is 2.47. The number of aliphatic hydroxyl groups excluding tert-OH is 1. The van der Waals surface area contributed by atoms with Gasteiger partial charge in [0.05, 0.1) is 0 Å². The van der Waals surface area contributed by atoms with E-state index in [-0.39, 0.29) is 0 Å². The van der Waals surface area contributed by atoms with Gasteiger partial charge in [0, 0.05) is 6.92 Å². The van der Waals surface area contributed by atoms with Gasteiger partial charge in [0.25, 0.3) is 0 Å². The van der Waals surface area contributed by atoms with E-state index in [1.165, 1.54) is 0 Å². The van der Waals surface area contributed by atoms with Gasteiger partial charge in [0.2, 0.25) is 5.79 Å². The van der Waals surface area contributed by atoms with Crippen molar-refractivity contribution in [3.05, 3.63) is 0 Å². The minimum absolute atomic E-state index is 0.761. The maximum atomic E-state index is 12.0. The van der Waals surface area contributed by atoms with Crippen molar-refractivity contribution in [3.8, 4) is 0 Å². The molecule has 0 aromatic heterocycles. The first kappa shape index (κ1) is 20.5. The molecule has 6 atom stereocenters. The van der Waals surface area contributed by atoms with Crippen LogP contribution in [-0.4, -0.2) is 78.8 Å². The van der Waals surface area contributed by atoms with Crippen molar-refractivity contribution in [1.82, 2.24) is 0 Å². The van der Waals surface area contributed by atoms with Crippen LogP contribution in [0, 0.1) is 0 Å². The summed E-state index contributed by atoms with van der Waals surface area (Å²) in [7, 11) is 0. The molecule has 1 aliphatic rings. The zero-order valence-corrected chi connectivity index (χ0v) is 13.6. The lowest BCUT2D eigenvalue weighted by atomic mass is 9.63. The molecule has 0 saturated carbocycles. The van der Waals surface area contributed by atoms with Crippen molar-refractivity contribution in [2.75, 3.05) is 0 Å². The summed E-state index contributed by atoms with van der Waals surface area (Å²) >= 11 is 0. The van der Waals surface area contributed by atoms with E-state index in [2.05, 4.69) is 0 Å². The molecular weight excluding hydrogens is 326 g/mol. The van der Waals surface area contributed by atoms with Crippen molar-refractivity contribution in [2.24, 2.45) is 5.73 Å². The first-order valence-electron chi connectivity index (χ1n) is 7.01. The minimum Gasteiger partial charge on any atom is -0.382 e. The van der Waals surface area contributed by atoms with E-state index in [4.69, 9.17) is 10.5 Å². The van der Waals surface area contributed by atoms with Crippen LogP contribution in [0.4, 0.5) is 0 Å². The Morgan fingerprint density at radius 1 is 0.917 bits per heavy atom.